The lowest BCUT2D eigenvalue weighted by Crippen LogP contribution is -2.27. The SMILES string of the molecule is Cc1cc2n(c1C(=O)c1ccsc1)CCCC2C(=O)OC(C)C. The van der Waals surface area contributed by atoms with Gasteiger partial charge in [0, 0.05) is 23.2 Å². The van der Waals surface area contributed by atoms with Crippen LogP contribution in [0.4, 0.5) is 0 Å². The molecule has 0 N–H and O–H groups in total. The number of thiophene rings is 1. The summed E-state index contributed by atoms with van der Waals surface area (Å²) in [4.78, 5) is 25.2. The van der Waals surface area contributed by atoms with Crippen molar-refractivity contribution in [2.24, 2.45) is 0 Å². The highest BCUT2D eigenvalue weighted by molar-refractivity contribution is 7.08. The van der Waals surface area contributed by atoms with Crippen LogP contribution in [0.25, 0.3) is 0 Å². The molecule has 3 rings (SSSR count). The van der Waals surface area contributed by atoms with Crippen LogP contribution in [0.1, 0.15) is 59.9 Å². The van der Waals surface area contributed by atoms with Crippen molar-refractivity contribution in [2.75, 3.05) is 0 Å². The normalized spacial score (nSPS) is 17.1. The number of rotatable bonds is 4. The minimum Gasteiger partial charge on any atom is -0.462 e. The van der Waals surface area contributed by atoms with Crippen molar-refractivity contribution in [3.05, 3.63) is 45.4 Å². The summed E-state index contributed by atoms with van der Waals surface area (Å²) >= 11 is 1.52. The average molecular weight is 331 g/mol. The third-order valence-corrected chi connectivity index (χ3v) is 4.87. The Balaban J connectivity index is 1.98. The van der Waals surface area contributed by atoms with Crippen molar-refractivity contribution in [1.82, 2.24) is 4.57 Å². The lowest BCUT2D eigenvalue weighted by atomic mass is 9.96. The number of ether oxygens (including phenoxy) is 1. The molecular formula is C18H21NO3S. The summed E-state index contributed by atoms with van der Waals surface area (Å²) in [6.07, 6.45) is 1.53. The molecule has 0 spiro atoms. The van der Waals surface area contributed by atoms with Gasteiger partial charge in [0.05, 0.1) is 17.7 Å². The molecule has 0 saturated heterocycles. The van der Waals surface area contributed by atoms with Crippen molar-refractivity contribution in [2.45, 2.75) is 52.2 Å². The Hall–Kier alpha value is -1.88. The number of aromatic nitrogens is 1. The number of hydrogen-bond donors (Lipinski definition) is 0. The first-order chi connectivity index (χ1) is 11.0. The van der Waals surface area contributed by atoms with Crippen LogP contribution in [-0.4, -0.2) is 22.4 Å². The maximum Gasteiger partial charge on any atom is 0.315 e. The quantitative estimate of drug-likeness (QED) is 0.630. The van der Waals surface area contributed by atoms with E-state index in [4.69, 9.17) is 4.74 Å². The van der Waals surface area contributed by atoms with E-state index in [-0.39, 0.29) is 23.8 Å². The number of aryl methyl sites for hydroxylation is 1. The van der Waals surface area contributed by atoms with E-state index in [1.54, 1.807) is 0 Å². The van der Waals surface area contributed by atoms with Crippen LogP contribution < -0.4 is 0 Å². The molecule has 1 unspecified atom stereocenters. The number of carbonyl (C=O) groups excluding carboxylic acids is 2. The molecule has 0 bridgehead atoms. The van der Waals surface area contributed by atoms with E-state index in [9.17, 15) is 9.59 Å². The Kier molecular flexibility index (Phi) is 4.39. The van der Waals surface area contributed by atoms with E-state index in [1.807, 2.05) is 48.2 Å². The molecule has 1 aliphatic rings. The first-order valence-electron chi connectivity index (χ1n) is 7.96. The summed E-state index contributed by atoms with van der Waals surface area (Å²) in [5.74, 6) is -0.422. The predicted molar refractivity (Wildman–Crippen MR) is 90.1 cm³/mol. The van der Waals surface area contributed by atoms with Gasteiger partial charge in [-0.25, -0.2) is 0 Å². The maximum absolute atomic E-state index is 12.8. The minimum absolute atomic E-state index is 0.0351. The first kappa shape index (κ1) is 16.0. The molecule has 5 heteroatoms. The number of fused-ring (bicyclic) bond motifs is 1. The Morgan fingerprint density at radius 2 is 2.17 bits per heavy atom. The highest BCUT2D eigenvalue weighted by Gasteiger charge is 2.32. The number of hydrogen-bond acceptors (Lipinski definition) is 4. The van der Waals surface area contributed by atoms with Gasteiger partial charge >= 0.3 is 5.97 Å². The van der Waals surface area contributed by atoms with Crippen molar-refractivity contribution >= 4 is 23.1 Å². The third-order valence-electron chi connectivity index (χ3n) is 4.19. The fraction of sp³-hybridized carbons (Fsp3) is 0.444. The highest BCUT2D eigenvalue weighted by Crippen LogP contribution is 2.33. The van der Waals surface area contributed by atoms with Gasteiger partial charge in [-0.05, 0) is 56.7 Å². The number of ketones is 1. The molecule has 3 heterocycles. The van der Waals surface area contributed by atoms with Crippen molar-refractivity contribution in [3.8, 4) is 0 Å². The van der Waals surface area contributed by atoms with Gasteiger partial charge in [-0.15, -0.1) is 0 Å². The molecule has 0 amide bonds. The van der Waals surface area contributed by atoms with E-state index >= 15 is 0 Å². The summed E-state index contributed by atoms with van der Waals surface area (Å²) in [7, 11) is 0. The molecular weight excluding hydrogens is 310 g/mol. The predicted octanol–water partition coefficient (Wildman–Crippen LogP) is 3.92. The summed E-state index contributed by atoms with van der Waals surface area (Å²) < 4.78 is 7.41. The third kappa shape index (κ3) is 2.98. The summed E-state index contributed by atoms with van der Waals surface area (Å²) in [5, 5.41) is 3.78. The molecule has 23 heavy (non-hydrogen) atoms. The Labute approximate surface area is 140 Å². The van der Waals surface area contributed by atoms with Crippen molar-refractivity contribution < 1.29 is 14.3 Å². The second kappa shape index (κ2) is 6.32. The summed E-state index contributed by atoms with van der Waals surface area (Å²) in [5.41, 5.74) is 3.27. The maximum atomic E-state index is 12.8. The number of nitrogens with zero attached hydrogens (tertiary/aromatic N) is 1. The van der Waals surface area contributed by atoms with E-state index < -0.39 is 0 Å². The van der Waals surface area contributed by atoms with Crippen LogP contribution in [0, 0.1) is 6.92 Å². The summed E-state index contributed by atoms with van der Waals surface area (Å²) in [6.45, 7) is 6.43. The molecule has 0 saturated carbocycles. The topological polar surface area (TPSA) is 48.3 Å². The monoisotopic (exact) mass is 331 g/mol. The molecule has 0 aliphatic carbocycles. The fourth-order valence-corrected chi connectivity index (χ4v) is 3.86. The lowest BCUT2D eigenvalue weighted by Gasteiger charge is -2.25. The van der Waals surface area contributed by atoms with Crippen LogP contribution >= 0.6 is 11.3 Å². The van der Waals surface area contributed by atoms with Gasteiger partial charge in [0.25, 0.3) is 0 Å². The molecule has 1 atom stereocenters. The Morgan fingerprint density at radius 3 is 2.83 bits per heavy atom. The Morgan fingerprint density at radius 1 is 1.39 bits per heavy atom. The van der Waals surface area contributed by atoms with Crippen LogP contribution in [0.3, 0.4) is 0 Å². The number of esters is 1. The van der Waals surface area contributed by atoms with Crippen molar-refractivity contribution in [1.29, 1.82) is 0 Å². The zero-order chi connectivity index (χ0) is 16.6. The van der Waals surface area contributed by atoms with E-state index in [2.05, 4.69) is 0 Å². The smallest absolute Gasteiger partial charge is 0.315 e. The van der Waals surface area contributed by atoms with Gasteiger partial charge in [0.1, 0.15) is 0 Å². The average Bonchev–Trinajstić information content (AvgIpc) is 3.12. The van der Waals surface area contributed by atoms with Crippen LogP contribution in [0.15, 0.2) is 22.9 Å². The van der Waals surface area contributed by atoms with E-state index in [0.717, 1.165) is 30.6 Å². The molecule has 2 aromatic heterocycles. The highest BCUT2D eigenvalue weighted by atomic mass is 32.1. The second-order valence-electron chi connectivity index (χ2n) is 6.27. The largest absolute Gasteiger partial charge is 0.462 e. The zero-order valence-electron chi connectivity index (χ0n) is 13.7. The molecule has 0 aromatic carbocycles. The van der Waals surface area contributed by atoms with Gasteiger partial charge in [0.15, 0.2) is 0 Å². The lowest BCUT2D eigenvalue weighted by molar-refractivity contribution is -0.149. The summed E-state index contributed by atoms with van der Waals surface area (Å²) in [6, 6.07) is 3.82. The van der Waals surface area contributed by atoms with E-state index in [0.29, 0.717) is 11.3 Å². The van der Waals surface area contributed by atoms with Crippen LogP contribution in [-0.2, 0) is 16.1 Å². The van der Waals surface area contributed by atoms with Gasteiger partial charge in [-0.2, -0.15) is 11.3 Å². The first-order valence-corrected chi connectivity index (χ1v) is 8.90. The van der Waals surface area contributed by atoms with Crippen LogP contribution in [0.2, 0.25) is 0 Å². The zero-order valence-corrected chi connectivity index (χ0v) is 14.5. The standard InChI is InChI=1S/C18H21NO3S/c1-11(2)22-18(21)14-5-4-7-19-15(14)9-12(3)16(19)17(20)13-6-8-23-10-13/h6,8-11,14H,4-5,7H2,1-3H3. The van der Waals surface area contributed by atoms with E-state index in [1.165, 1.54) is 11.3 Å². The number of carbonyl (C=O) groups is 2. The van der Waals surface area contributed by atoms with Gasteiger partial charge in [-0.3, -0.25) is 9.59 Å². The van der Waals surface area contributed by atoms with Gasteiger partial charge < -0.3 is 9.30 Å². The van der Waals surface area contributed by atoms with Gasteiger partial charge in [-0.1, -0.05) is 0 Å². The minimum atomic E-state index is -0.270. The fourth-order valence-electron chi connectivity index (χ4n) is 3.23. The Bertz CT molecular complexity index is 728. The van der Waals surface area contributed by atoms with Crippen LogP contribution in [0.5, 0.6) is 0 Å². The molecule has 0 fully saturated rings. The molecule has 2 aromatic rings. The molecule has 122 valence electrons. The molecule has 0 radical (unpaired) electrons. The van der Waals surface area contributed by atoms with Gasteiger partial charge in [0.2, 0.25) is 5.78 Å². The van der Waals surface area contributed by atoms with Crippen molar-refractivity contribution in [3.63, 3.8) is 0 Å². The molecule has 1 aliphatic heterocycles. The second-order valence-corrected chi connectivity index (χ2v) is 7.05. The molecule has 4 nitrogen and oxygen atoms in total.